The number of aromatic nitrogens is 2. The second-order valence-corrected chi connectivity index (χ2v) is 12.0. The van der Waals surface area contributed by atoms with Gasteiger partial charge in [-0.25, -0.2) is 8.42 Å². The summed E-state index contributed by atoms with van der Waals surface area (Å²) >= 11 is 0. The molecule has 2 heterocycles. The maximum absolute atomic E-state index is 12.5. The molecule has 0 saturated carbocycles. The molecule has 4 rings (SSSR count). The Balaban J connectivity index is 1.34. The van der Waals surface area contributed by atoms with Crippen LogP contribution in [0.5, 0.6) is 0 Å². The van der Waals surface area contributed by atoms with Gasteiger partial charge in [0, 0.05) is 24.3 Å². The molecule has 184 valence electrons. The largest absolute Gasteiger partial charge is 0.355 e. The lowest BCUT2D eigenvalue weighted by molar-refractivity contribution is -0.115. The minimum absolute atomic E-state index is 0.159. The number of hydrogen-bond acceptors (Lipinski definition) is 6. The fourth-order valence-corrected chi connectivity index (χ4v) is 5.13. The van der Waals surface area contributed by atoms with Gasteiger partial charge in [0.15, 0.2) is 15.7 Å². The van der Waals surface area contributed by atoms with Crippen LogP contribution in [-0.2, 0) is 21.1 Å². The Bertz CT molecular complexity index is 1250. The predicted octanol–water partition coefficient (Wildman–Crippen LogP) is 4.74. The number of rotatable bonds is 7. The zero-order chi connectivity index (χ0) is 25.0. The molecule has 0 atom stereocenters. The van der Waals surface area contributed by atoms with Crippen molar-refractivity contribution in [3.63, 3.8) is 0 Å². The number of amides is 1. The average Bonchev–Trinajstić information content (AvgIpc) is 2.85. The highest BCUT2D eigenvalue weighted by Gasteiger charge is 2.19. The van der Waals surface area contributed by atoms with Gasteiger partial charge in [-0.05, 0) is 74.6 Å². The molecule has 1 saturated heterocycles. The van der Waals surface area contributed by atoms with Crippen LogP contribution in [0, 0.1) is 5.92 Å². The van der Waals surface area contributed by atoms with Gasteiger partial charge in [0.05, 0.1) is 22.3 Å². The lowest BCUT2D eigenvalue weighted by Gasteiger charge is -2.30. The van der Waals surface area contributed by atoms with Crippen molar-refractivity contribution < 1.29 is 13.2 Å². The van der Waals surface area contributed by atoms with Crippen molar-refractivity contribution in [2.45, 2.75) is 50.2 Å². The molecule has 0 radical (unpaired) electrons. The Kier molecular flexibility index (Phi) is 7.50. The van der Waals surface area contributed by atoms with E-state index in [4.69, 9.17) is 0 Å². The number of benzene rings is 2. The first-order chi connectivity index (χ1) is 16.7. The van der Waals surface area contributed by atoms with Gasteiger partial charge in [-0.1, -0.05) is 31.2 Å². The predicted molar refractivity (Wildman–Crippen MR) is 139 cm³/mol. The van der Waals surface area contributed by atoms with Crippen LogP contribution in [0.1, 0.15) is 39.2 Å². The van der Waals surface area contributed by atoms with Crippen LogP contribution in [0.3, 0.4) is 0 Å². The minimum Gasteiger partial charge on any atom is -0.355 e. The highest BCUT2D eigenvalue weighted by atomic mass is 32.2. The summed E-state index contributed by atoms with van der Waals surface area (Å²) in [7, 11) is -3.32. The van der Waals surface area contributed by atoms with E-state index in [0.29, 0.717) is 5.69 Å². The molecule has 8 heteroatoms. The molecule has 2 aromatic carbocycles. The Morgan fingerprint density at radius 2 is 1.63 bits per heavy atom. The SMILES string of the molecule is CC1CCN(c2ccc(-c3ccc(NC(=O)Cc4ccc(S(=O)(=O)C(C)C)cc4)cc3)nn2)CC1. The molecule has 0 aliphatic carbocycles. The monoisotopic (exact) mass is 492 g/mol. The topological polar surface area (TPSA) is 92.3 Å². The van der Waals surface area contributed by atoms with Gasteiger partial charge in [0.1, 0.15) is 0 Å². The number of hydrogen-bond donors (Lipinski definition) is 1. The first-order valence-electron chi connectivity index (χ1n) is 12.0. The summed E-state index contributed by atoms with van der Waals surface area (Å²) in [4.78, 5) is 15.0. The van der Waals surface area contributed by atoms with Crippen LogP contribution in [0.25, 0.3) is 11.3 Å². The van der Waals surface area contributed by atoms with E-state index in [9.17, 15) is 13.2 Å². The molecule has 35 heavy (non-hydrogen) atoms. The molecule has 1 amide bonds. The van der Waals surface area contributed by atoms with E-state index in [1.165, 1.54) is 12.8 Å². The number of sulfone groups is 1. The molecule has 0 spiro atoms. The summed E-state index contributed by atoms with van der Waals surface area (Å²) in [6.07, 6.45) is 2.52. The van der Waals surface area contributed by atoms with Gasteiger partial charge in [0.25, 0.3) is 0 Å². The molecule has 1 N–H and O–H groups in total. The molecule has 7 nitrogen and oxygen atoms in total. The van der Waals surface area contributed by atoms with E-state index in [1.807, 2.05) is 36.4 Å². The van der Waals surface area contributed by atoms with Gasteiger partial charge in [-0.3, -0.25) is 4.79 Å². The molecule has 1 aliphatic heterocycles. The number of piperidine rings is 1. The fraction of sp³-hybridized carbons (Fsp3) is 0.370. The number of anilines is 2. The summed E-state index contributed by atoms with van der Waals surface area (Å²) in [5.74, 6) is 1.52. The molecule has 1 aromatic heterocycles. The van der Waals surface area contributed by atoms with E-state index < -0.39 is 15.1 Å². The van der Waals surface area contributed by atoms with E-state index in [1.54, 1.807) is 38.1 Å². The van der Waals surface area contributed by atoms with Gasteiger partial charge in [-0.15, -0.1) is 10.2 Å². The van der Waals surface area contributed by atoms with E-state index >= 15 is 0 Å². The second-order valence-electron chi connectivity index (χ2n) is 9.49. The minimum atomic E-state index is -3.32. The van der Waals surface area contributed by atoms with E-state index in [2.05, 4.69) is 27.3 Å². The third-order valence-electron chi connectivity index (χ3n) is 6.46. The lowest BCUT2D eigenvalue weighted by atomic mass is 9.99. The Morgan fingerprint density at radius 1 is 0.971 bits per heavy atom. The quantitative estimate of drug-likeness (QED) is 0.512. The first-order valence-corrected chi connectivity index (χ1v) is 13.6. The molecule has 1 fully saturated rings. The maximum atomic E-state index is 12.5. The Hall–Kier alpha value is -3.26. The number of nitrogens with zero attached hydrogens (tertiary/aromatic N) is 3. The van der Waals surface area contributed by atoms with Crippen LogP contribution >= 0.6 is 0 Å². The zero-order valence-electron chi connectivity index (χ0n) is 20.4. The molecular weight excluding hydrogens is 460 g/mol. The van der Waals surface area contributed by atoms with Gasteiger partial charge in [0.2, 0.25) is 5.91 Å². The van der Waals surface area contributed by atoms with Crippen molar-refractivity contribution in [2.75, 3.05) is 23.3 Å². The molecule has 3 aromatic rings. The van der Waals surface area contributed by atoms with Crippen molar-refractivity contribution in [3.8, 4) is 11.3 Å². The third kappa shape index (κ3) is 6.06. The highest BCUT2D eigenvalue weighted by molar-refractivity contribution is 7.92. The summed E-state index contributed by atoms with van der Waals surface area (Å²) in [6, 6.07) is 18.0. The molecule has 0 unspecified atom stereocenters. The molecular formula is C27H32N4O3S. The van der Waals surface area contributed by atoms with Crippen LogP contribution in [0.2, 0.25) is 0 Å². The van der Waals surface area contributed by atoms with Crippen LogP contribution < -0.4 is 10.2 Å². The normalized spacial score (nSPS) is 14.8. The maximum Gasteiger partial charge on any atom is 0.228 e. The molecule has 1 aliphatic rings. The smallest absolute Gasteiger partial charge is 0.228 e. The fourth-order valence-electron chi connectivity index (χ4n) is 4.07. The van der Waals surface area contributed by atoms with E-state index in [-0.39, 0.29) is 17.2 Å². The van der Waals surface area contributed by atoms with E-state index in [0.717, 1.165) is 41.6 Å². The Morgan fingerprint density at radius 3 is 2.20 bits per heavy atom. The van der Waals surface area contributed by atoms with Crippen LogP contribution in [0.4, 0.5) is 11.5 Å². The standard InChI is InChI=1S/C27H32N4O3S/c1-19(2)35(33,34)24-10-4-21(5-11-24)18-27(32)28-23-8-6-22(7-9-23)25-12-13-26(30-29-25)31-16-14-20(3)15-17-31/h4-13,19-20H,14-18H2,1-3H3,(H,28,32). The molecule has 0 bridgehead atoms. The average molecular weight is 493 g/mol. The van der Waals surface area contributed by atoms with Crippen LogP contribution in [0.15, 0.2) is 65.6 Å². The summed E-state index contributed by atoms with van der Waals surface area (Å²) < 4.78 is 24.5. The van der Waals surface area contributed by atoms with Gasteiger partial charge < -0.3 is 10.2 Å². The summed E-state index contributed by atoms with van der Waals surface area (Å²) in [5.41, 5.74) is 3.15. The van der Waals surface area contributed by atoms with Crippen molar-refractivity contribution in [2.24, 2.45) is 5.92 Å². The summed E-state index contributed by atoms with van der Waals surface area (Å²) in [6.45, 7) is 7.63. The van der Waals surface area contributed by atoms with Crippen LogP contribution in [-0.4, -0.2) is 42.9 Å². The highest BCUT2D eigenvalue weighted by Crippen LogP contribution is 2.24. The first kappa shape index (κ1) is 24.9. The number of nitrogens with one attached hydrogen (secondary N) is 1. The number of carbonyl (C=O) groups is 1. The van der Waals surface area contributed by atoms with Crippen molar-refractivity contribution in [3.05, 3.63) is 66.2 Å². The van der Waals surface area contributed by atoms with Gasteiger partial charge >= 0.3 is 0 Å². The lowest BCUT2D eigenvalue weighted by Crippen LogP contribution is -2.33. The van der Waals surface area contributed by atoms with Crippen molar-refractivity contribution >= 4 is 27.2 Å². The van der Waals surface area contributed by atoms with Crippen molar-refractivity contribution in [1.82, 2.24) is 10.2 Å². The van der Waals surface area contributed by atoms with Crippen molar-refractivity contribution in [1.29, 1.82) is 0 Å². The van der Waals surface area contributed by atoms with Gasteiger partial charge in [-0.2, -0.15) is 0 Å². The third-order valence-corrected chi connectivity index (χ3v) is 8.63. The number of carbonyl (C=O) groups excluding carboxylic acids is 1. The Labute approximate surface area is 207 Å². The summed E-state index contributed by atoms with van der Waals surface area (Å²) in [5, 5.41) is 11.2. The second kappa shape index (κ2) is 10.6. The zero-order valence-corrected chi connectivity index (χ0v) is 21.3.